The fourth-order valence-corrected chi connectivity index (χ4v) is 3.70. The number of methoxy groups -OCH3 is 1. The zero-order chi connectivity index (χ0) is 26.4. The lowest BCUT2D eigenvalue weighted by Gasteiger charge is -2.11. The van der Waals surface area contributed by atoms with Gasteiger partial charge in [-0.25, -0.2) is 10.2 Å². The summed E-state index contributed by atoms with van der Waals surface area (Å²) in [4.78, 5) is 37.3. The van der Waals surface area contributed by atoms with E-state index in [1.807, 2.05) is 24.3 Å². The van der Waals surface area contributed by atoms with Gasteiger partial charge >= 0.3 is 17.8 Å². The maximum atomic E-state index is 12.7. The molecule has 2 amide bonds. The van der Waals surface area contributed by atoms with Crippen LogP contribution < -0.4 is 20.2 Å². The number of nitrogens with one attached hydrogen (secondary N) is 2. The van der Waals surface area contributed by atoms with Gasteiger partial charge in [-0.15, -0.1) is 0 Å². The summed E-state index contributed by atoms with van der Waals surface area (Å²) in [6.07, 6.45) is 1.30. The number of rotatable bonds is 6. The van der Waals surface area contributed by atoms with Crippen molar-refractivity contribution in [2.24, 2.45) is 5.10 Å². The van der Waals surface area contributed by atoms with E-state index in [9.17, 15) is 14.4 Å². The van der Waals surface area contributed by atoms with Crippen molar-refractivity contribution in [2.45, 2.75) is 0 Å². The first-order chi connectivity index (χ1) is 17.9. The molecule has 0 atom stereocenters. The van der Waals surface area contributed by atoms with Gasteiger partial charge in [-0.05, 0) is 59.3 Å². The molecular formula is C27H19Cl2N3O5. The van der Waals surface area contributed by atoms with Crippen LogP contribution in [0.5, 0.6) is 11.5 Å². The Hall–Kier alpha value is -4.40. The van der Waals surface area contributed by atoms with Crippen molar-refractivity contribution in [3.05, 3.63) is 100 Å². The first-order valence-corrected chi connectivity index (χ1v) is 11.6. The topological polar surface area (TPSA) is 106 Å². The van der Waals surface area contributed by atoms with Crippen LogP contribution >= 0.6 is 23.2 Å². The predicted octanol–water partition coefficient (Wildman–Crippen LogP) is 5.46. The Balaban J connectivity index is 1.53. The molecule has 37 heavy (non-hydrogen) atoms. The Bertz CT molecular complexity index is 1520. The maximum Gasteiger partial charge on any atom is 0.343 e. The summed E-state index contributed by atoms with van der Waals surface area (Å²) in [6, 6.07) is 21.7. The zero-order valence-corrected chi connectivity index (χ0v) is 20.8. The number of esters is 1. The molecule has 0 fully saturated rings. The number of benzene rings is 4. The van der Waals surface area contributed by atoms with Gasteiger partial charge in [0.1, 0.15) is 11.5 Å². The summed E-state index contributed by atoms with van der Waals surface area (Å²) < 4.78 is 10.7. The van der Waals surface area contributed by atoms with Crippen molar-refractivity contribution in [3.63, 3.8) is 0 Å². The first-order valence-electron chi connectivity index (χ1n) is 10.8. The summed E-state index contributed by atoms with van der Waals surface area (Å²) in [5, 5.41) is 8.41. The van der Waals surface area contributed by atoms with Gasteiger partial charge < -0.3 is 14.8 Å². The van der Waals surface area contributed by atoms with E-state index in [1.165, 1.54) is 25.5 Å². The second-order valence-corrected chi connectivity index (χ2v) is 8.44. The van der Waals surface area contributed by atoms with Gasteiger partial charge in [-0.1, -0.05) is 53.5 Å². The molecule has 0 radical (unpaired) electrons. The van der Waals surface area contributed by atoms with E-state index >= 15 is 0 Å². The van der Waals surface area contributed by atoms with Crippen molar-refractivity contribution in [3.8, 4) is 11.5 Å². The highest BCUT2D eigenvalue weighted by molar-refractivity contribution is 6.42. The number of nitrogens with zero attached hydrogens (tertiary/aromatic N) is 1. The van der Waals surface area contributed by atoms with Crippen LogP contribution in [-0.4, -0.2) is 31.1 Å². The Morgan fingerprint density at radius 2 is 1.65 bits per heavy atom. The summed E-state index contributed by atoms with van der Waals surface area (Å²) in [7, 11) is 1.53. The van der Waals surface area contributed by atoms with Crippen LogP contribution in [0.25, 0.3) is 10.8 Å². The average Bonchev–Trinajstić information content (AvgIpc) is 2.91. The molecule has 10 heteroatoms. The van der Waals surface area contributed by atoms with Crippen molar-refractivity contribution >= 4 is 63.7 Å². The third kappa shape index (κ3) is 6.24. The van der Waals surface area contributed by atoms with Gasteiger partial charge in [0, 0.05) is 10.6 Å². The number of amides is 2. The molecule has 0 saturated heterocycles. The summed E-state index contributed by atoms with van der Waals surface area (Å²) in [5.41, 5.74) is 3.09. The predicted molar refractivity (Wildman–Crippen MR) is 143 cm³/mol. The summed E-state index contributed by atoms with van der Waals surface area (Å²) in [5.74, 6) is -1.80. The van der Waals surface area contributed by atoms with E-state index in [2.05, 4.69) is 15.8 Å². The summed E-state index contributed by atoms with van der Waals surface area (Å²) in [6.45, 7) is 0. The van der Waals surface area contributed by atoms with Gasteiger partial charge in [0.15, 0.2) is 0 Å². The maximum absolute atomic E-state index is 12.7. The van der Waals surface area contributed by atoms with Crippen LogP contribution in [0, 0.1) is 0 Å². The third-order valence-corrected chi connectivity index (χ3v) is 5.77. The highest BCUT2D eigenvalue weighted by atomic mass is 35.5. The number of hydrazone groups is 1. The molecule has 0 saturated carbocycles. The molecule has 0 unspecified atom stereocenters. The molecule has 0 aliphatic rings. The molecule has 0 aromatic heterocycles. The minimum absolute atomic E-state index is 0.181. The molecule has 4 aromatic rings. The van der Waals surface area contributed by atoms with Gasteiger partial charge in [0.2, 0.25) is 0 Å². The van der Waals surface area contributed by atoms with E-state index < -0.39 is 17.8 Å². The molecule has 0 spiro atoms. The Morgan fingerprint density at radius 3 is 2.41 bits per heavy atom. The van der Waals surface area contributed by atoms with Gasteiger partial charge in [-0.3, -0.25) is 9.59 Å². The van der Waals surface area contributed by atoms with Crippen LogP contribution in [0.1, 0.15) is 15.9 Å². The molecule has 0 bridgehead atoms. The lowest BCUT2D eigenvalue weighted by molar-refractivity contribution is -0.136. The first kappa shape index (κ1) is 25.7. The van der Waals surface area contributed by atoms with E-state index in [1.54, 1.807) is 42.5 Å². The van der Waals surface area contributed by atoms with E-state index in [0.29, 0.717) is 21.9 Å². The van der Waals surface area contributed by atoms with Gasteiger partial charge in [0.25, 0.3) is 0 Å². The van der Waals surface area contributed by atoms with Gasteiger partial charge in [0.05, 0.1) is 29.6 Å². The smallest absolute Gasteiger partial charge is 0.343 e. The van der Waals surface area contributed by atoms with E-state index in [4.69, 9.17) is 32.7 Å². The van der Waals surface area contributed by atoms with Crippen molar-refractivity contribution in [1.29, 1.82) is 0 Å². The van der Waals surface area contributed by atoms with E-state index in [-0.39, 0.29) is 16.5 Å². The fraction of sp³-hybridized carbons (Fsp3) is 0.0370. The normalized spacial score (nSPS) is 10.8. The quantitative estimate of drug-likeness (QED) is 0.112. The van der Waals surface area contributed by atoms with Crippen LogP contribution in [-0.2, 0) is 9.59 Å². The number of ether oxygens (including phenoxy) is 2. The van der Waals surface area contributed by atoms with Crippen LogP contribution in [0.4, 0.5) is 5.69 Å². The number of carbonyl (C=O) groups excluding carboxylic acids is 3. The summed E-state index contributed by atoms with van der Waals surface area (Å²) >= 11 is 11.9. The lowest BCUT2D eigenvalue weighted by Crippen LogP contribution is -2.32. The SMILES string of the molecule is COc1ccc(C(=O)Oc2ccc3ccccc3c2/C=N/NC(=O)C(=O)Nc2cc(Cl)ccc2Cl)cc1. The van der Waals surface area contributed by atoms with Crippen LogP contribution in [0.3, 0.4) is 0 Å². The van der Waals surface area contributed by atoms with Crippen molar-refractivity contribution < 1.29 is 23.9 Å². The second-order valence-electron chi connectivity index (χ2n) is 7.59. The molecular weight excluding hydrogens is 517 g/mol. The molecule has 0 aliphatic carbocycles. The minimum Gasteiger partial charge on any atom is -0.497 e. The standard InChI is InChI=1S/C27H19Cl2N3O5/c1-36-19-10-6-17(7-11-19)27(35)37-24-13-8-16-4-2-3-5-20(16)21(24)15-30-32-26(34)25(33)31-23-14-18(28)9-12-22(23)29/h2-15H,1H3,(H,31,33)(H,32,34)/b30-15+. The van der Waals surface area contributed by atoms with Crippen LogP contribution in [0.2, 0.25) is 10.0 Å². The molecule has 8 nitrogen and oxygen atoms in total. The van der Waals surface area contributed by atoms with Crippen LogP contribution in [0.15, 0.2) is 84.0 Å². The molecule has 186 valence electrons. The largest absolute Gasteiger partial charge is 0.497 e. The highest BCUT2D eigenvalue weighted by Gasteiger charge is 2.16. The Morgan fingerprint density at radius 1 is 0.892 bits per heavy atom. The number of carbonyl (C=O) groups is 3. The molecule has 4 rings (SSSR count). The number of anilines is 1. The van der Waals surface area contributed by atoms with Crippen molar-refractivity contribution in [1.82, 2.24) is 5.43 Å². The molecule has 4 aromatic carbocycles. The van der Waals surface area contributed by atoms with E-state index in [0.717, 1.165) is 10.8 Å². The van der Waals surface area contributed by atoms with Gasteiger partial charge in [-0.2, -0.15) is 5.10 Å². The second kappa shape index (κ2) is 11.6. The zero-order valence-electron chi connectivity index (χ0n) is 19.3. The number of hydrogen-bond acceptors (Lipinski definition) is 6. The lowest BCUT2D eigenvalue weighted by atomic mass is 10.0. The molecule has 0 aliphatic heterocycles. The number of hydrogen-bond donors (Lipinski definition) is 2. The average molecular weight is 536 g/mol. The Kier molecular flexibility index (Phi) is 8.02. The fourth-order valence-electron chi connectivity index (χ4n) is 3.36. The minimum atomic E-state index is -1.04. The Labute approximate surface area is 221 Å². The van der Waals surface area contributed by atoms with Crippen molar-refractivity contribution in [2.75, 3.05) is 12.4 Å². The molecule has 0 heterocycles. The molecule has 2 N–H and O–H groups in total. The highest BCUT2D eigenvalue weighted by Crippen LogP contribution is 2.28. The number of fused-ring (bicyclic) bond motifs is 1. The monoisotopic (exact) mass is 535 g/mol. The third-order valence-electron chi connectivity index (χ3n) is 5.20. The number of halogens is 2.